The molecule has 35 heavy (non-hydrogen) atoms. The van der Waals surface area contributed by atoms with Crippen LogP contribution in [0.4, 0.5) is 4.39 Å². The molecule has 0 amide bonds. The third kappa shape index (κ3) is 4.72. The number of hydrogen-bond acceptors (Lipinski definition) is 5. The number of rotatable bonds is 5. The van der Waals surface area contributed by atoms with Crippen molar-refractivity contribution in [2.45, 2.75) is 44.8 Å². The number of benzene rings is 2. The molecule has 178 valence electrons. The number of aliphatic hydroxyl groups is 1. The maximum absolute atomic E-state index is 13.8. The van der Waals surface area contributed by atoms with Crippen LogP contribution in [0, 0.1) is 5.82 Å². The first-order chi connectivity index (χ1) is 16.9. The van der Waals surface area contributed by atoms with Crippen LogP contribution in [-0.2, 0) is 9.53 Å². The van der Waals surface area contributed by atoms with Gasteiger partial charge in [0.2, 0.25) is 0 Å². The van der Waals surface area contributed by atoms with Crippen molar-refractivity contribution in [3.8, 4) is 17.1 Å². The van der Waals surface area contributed by atoms with Crippen molar-refractivity contribution in [1.82, 2.24) is 14.8 Å². The van der Waals surface area contributed by atoms with Gasteiger partial charge < -0.3 is 9.84 Å². The zero-order valence-electron chi connectivity index (χ0n) is 19.6. The molecular weight excluding hydrogens is 445 g/mol. The Bertz CT molecular complexity index is 1410. The van der Waals surface area contributed by atoms with Crippen LogP contribution in [0.1, 0.15) is 43.9 Å². The van der Waals surface area contributed by atoms with Crippen molar-refractivity contribution in [1.29, 1.82) is 0 Å². The van der Waals surface area contributed by atoms with Crippen molar-refractivity contribution in [3.63, 3.8) is 0 Å². The predicted molar refractivity (Wildman–Crippen MR) is 133 cm³/mol. The summed E-state index contributed by atoms with van der Waals surface area (Å²) in [5.41, 5.74) is 4.05. The highest BCUT2D eigenvalue weighted by Gasteiger charge is 2.26. The molecule has 0 aliphatic carbocycles. The van der Waals surface area contributed by atoms with Gasteiger partial charge in [0.05, 0.1) is 29.4 Å². The van der Waals surface area contributed by atoms with Gasteiger partial charge in [0.25, 0.3) is 0 Å². The minimum absolute atomic E-state index is 0.00792. The molecule has 2 aromatic heterocycles. The summed E-state index contributed by atoms with van der Waals surface area (Å²) in [5.74, 6) is -0.0237. The van der Waals surface area contributed by atoms with Gasteiger partial charge in [0.1, 0.15) is 11.9 Å². The Labute approximate surface area is 202 Å². The van der Waals surface area contributed by atoms with Gasteiger partial charge in [-0.1, -0.05) is 38.1 Å². The van der Waals surface area contributed by atoms with E-state index in [-0.39, 0.29) is 18.2 Å². The van der Waals surface area contributed by atoms with Crippen molar-refractivity contribution >= 4 is 22.9 Å². The number of esters is 1. The zero-order valence-corrected chi connectivity index (χ0v) is 19.6. The molecule has 1 aliphatic rings. The maximum Gasteiger partial charge on any atom is 0.309 e. The van der Waals surface area contributed by atoms with Crippen LogP contribution >= 0.6 is 0 Å². The standard InChI is InChI=1S/C28H26FN3O3/c1-17(2)27-23(13-12-22-15-21(33)16-26(34)35-22)28(19-7-10-20(29)11-8-19)32(31-27)25-14-9-18-5-3-4-6-24(18)30-25/h3-14,17,21-22,33H,15-16H2,1-2H3. The molecule has 1 saturated heterocycles. The highest BCUT2D eigenvalue weighted by atomic mass is 19.1. The minimum Gasteiger partial charge on any atom is -0.458 e. The summed E-state index contributed by atoms with van der Waals surface area (Å²) < 4.78 is 21.0. The van der Waals surface area contributed by atoms with Crippen LogP contribution in [0.3, 0.4) is 0 Å². The predicted octanol–water partition coefficient (Wildman–Crippen LogP) is 5.43. The number of aromatic nitrogens is 3. The SMILES string of the molecule is CC(C)c1nn(-c2ccc3ccccc3n2)c(-c2ccc(F)cc2)c1C=CC1CC(O)CC(=O)O1. The normalized spacial score (nSPS) is 18.5. The Balaban J connectivity index is 1.68. The smallest absolute Gasteiger partial charge is 0.309 e. The Morgan fingerprint density at radius 2 is 1.89 bits per heavy atom. The average molecular weight is 472 g/mol. The third-order valence-electron chi connectivity index (χ3n) is 6.08. The highest BCUT2D eigenvalue weighted by Crippen LogP contribution is 2.34. The van der Waals surface area contributed by atoms with Gasteiger partial charge in [-0.25, -0.2) is 14.1 Å². The number of aliphatic hydroxyl groups excluding tert-OH is 1. The number of carbonyl (C=O) groups excluding carboxylic acids is 1. The number of fused-ring (bicyclic) bond motifs is 1. The summed E-state index contributed by atoms with van der Waals surface area (Å²) in [6, 6.07) is 18.1. The molecule has 7 heteroatoms. The highest BCUT2D eigenvalue weighted by molar-refractivity contribution is 5.80. The molecule has 6 nitrogen and oxygen atoms in total. The summed E-state index contributed by atoms with van der Waals surface area (Å²) in [6.07, 6.45) is 2.76. The van der Waals surface area contributed by atoms with E-state index in [0.717, 1.165) is 33.4 Å². The topological polar surface area (TPSA) is 77.2 Å². The first-order valence-electron chi connectivity index (χ1n) is 11.7. The van der Waals surface area contributed by atoms with Gasteiger partial charge in [0.15, 0.2) is 5.82 Å². The van der Waals surface area contributed by atoms with E-state index in [0.29, 0.717) is 12.2 Å². The first kappa shape index (κ1) is 22.9. The van der Waals surface area contributed by atoms with Gasteiger partial charge in [-0.15, -0.1) is 0 Å². The van der Waals surface area contributed by atoms with Crippen molar-refractivity contribution in [2.24, 2.45) is 0 Å². The fraction of sp³-hybridized carbons (Fsp3) is 0.250. The van der Waals surface area contributed by atoms with E-state index in [4.69, 9.17) is 14.8 Å². The molecule has 2 unspecified atom stereocenters. The Morgan fingerprint density at radius 3 is 2.63 bits per heavy atom. The largest absolute Gasteiger partial charge is 0.458 e. The number of halogens is 1. The van der Waals surface area contributed by atoms with E-state index >= 15 is 0 Å². The zero-order chi connectivity index (χ0) is 24.5. The summed E-state index contributed by atoms with van der Waals surface area (Å²) in [7, 11) is 0. The van der Waals surface area contributed by atoms with E-state index in [1.165, 1.54) is 12.1 Å². The number of hydrogen-bond donors (Lipinski definition) is 1. The molecule has 3 heterocycles. The molecule has 0 spiro atoms. The molecule has 5 rings (SSSR count). The number of ether oxygens (including phenoxy) is 1. The molecule has 0 saturated carbocycles. The Kier molecular flexibility index (Phi) is 6.17. The number of nitrogens with zero attached hydrogens (tertiary/aromatic N) is 3. The lowest BCUT2D eigenvalue weighted by Gasteiger charge is -2.23. The van der Waals surface area contributed by atoms with Gasteiger partial charge in [0, 0.05) is 22.9 Å². The van der Waals surface area contributed by atoms with Gasteiger partial charge >= 0.3 is 5.97 Å². The second-order valence-corrected chi connectivity index (χ2v) is 9.06. The lowest BCUT2D eigenvalue weighted by molar-refractivity contribution is -0.156. The molecule has 2 aromatic carbocycles. The maximum atomic E-state index is 13.8. The Morgan fingerprint density at radius 1 is 1.11 bits per heavy atom. The van der Waals surface area contributed by atoms with Gasteiger partial charge in [-0.3, -0.25) is 4.79 Å². The van der Waals surface area contributed by atoms with Crippen LogP contribution in [0.2, 0.25) is 0 Å². The van der Waals surface area contributed by atoms with E-state index in [2.05, 4.69) is 13.8 Å². The fourth-order valence-electron chi connectivity index (χ4n) is 4.39. The van der Waals surface area contributed by atoms with E-state index < -0.39 is 18.2 Å². The quantitative estimate of drug-likeness (QED) is 0.393. The number of cyclic esters (lactones) is 1. The summed E-state index contributed by atoms with van der Waals surface area (Å²) in [5, 5.41) is 15.9. The van der Waals surface area contributed by atoms with E-state index in [1.807, 2.05) is 42.5 Å². The molecule has 0 bridgehead atoms. The van der Waals surface area contributed by atoms with Gasteiger partial charge in [-0.2, -0.15) is 5.10 Å². The molecule has 2 atom stereocenters. The van der Waals surface area contributed by atoms with Crippen molar-refractivity contribution in [2.75, 3.05) is 0 Å². The molecular formula is C28H26FN3O3. The molecule has 1 N–H and O–H groups in total. The van der Waals surface area contributed by atoms with Crippen LogP contribution in [0.5, 0.6) is 0 Å². The lowest BCUT2D eigenvalue weighted by Crippen LogP contribution is -2.31. The van der Waals surface area contributed by atoms with E-state index in [1.54, 1.807) is 22.9 Å². The summed E-state index contributed by atoms with van der Waals surface area (Å²) in [6.45, 7) is 4.10. The molecule has 0 radical (unpaired) electrons. The van der Waals surface area contributed by atoms with Crippen molar-refractivity contribution in [3.05, 3.63) is 83.8 Å². The Hall–Kier alpha value is -3.84. The van der Waals surface area contributed by atoms with E-state index in [9.17, 15) is 14.3 Å². The fourth-order valence-corrected chi connectivity index (χ4v) is 4.39. The summed E-state index contributed by atoms with van der Waals surface area (Å²) in [4.78, 5) is 16.6. The average Bonchev–Trinajstić information content (AvgIpc) is 3.22. The van der Waals surface area contributed by atoms with Crippen LogP contribution in [0.15, 0.2) is 66.7 Å². The van der Waals surface area contributed by atoms with Crippen LogP contribution < -0.4 is 0 Å². The number of para-hydroxylation sites is 1. The van der Waals surface area contributed by atoms with Gasteiger partial charge in [-0.05, 0) is 54.5 Å². The lowest BCUT2D eigenvalue weighted by atomic mass is 9.98. The second kappa shape index (κ2) is 9.43. The third-order valence-corrected chi connectivity index (χ3v) is 6.08. The first-order valence-corrected chi connectivity index (χ1v) is 11.7. The minimum atomic E-state index is -0.725. The molecule has 4 aromatic rings. The molecule has 1 fully saturated rings. The van der Waals surface area contributed by atoms with Crippen LogP contribution in [-0.4, -0.2) is 38.0 Å². The molecule has 1 aliphatic heterocycles. The number of carbonyl (C=O) groups is 1. The monoisotopic (exact) mass is 471 g/mol. The number of pyridine rings is 1. The van der Waals surface area contributed by atoms with Crippen molar-refractivity contribution < 1.29 is 19.0 Å². The van der Waals surface area contributed by atoms with Crippen LogP contribution in [0.25, 0.3) is 34.1 Å². The summed E-state index contributed by atoms with van der Waals surface area (Å²) >= 11 is 0. The second-order valence-electron chi connectivity index (χ2n) is 9.06.